The van der Waals surface area contributed by atoms with E-state index < -0.39 is 11.8 Å². The van der Waals surface area contributed by atoms with E-state index in [-0.39, 0.29) is 28.7 Å². The molecule has 1 heterocycles. The minimum absolute atomic E-state index is 0.0146. The third-order valence-corrected chi connectivity index (χ3v) is 3.06. The number of hydrogen-bond acceptors (Lipinski definition) is 5. The molecule has 1 aliphatic heterocycles. The van der Waals surface area contributed by atoms with Crippen molar-refractivity contribution >= 4 is 35.2 Å². The average molecular weight is 304 g/mol. The molecule has 1 aliphatic rings. The Morgan fingerprint density at radius 3 is 2.43 bits per heavy atom. The maximum absolute atomic E-state index is 12.2. The summed E-state index contributed by atoms with van der Waals surface area (Å²) in [7, 11) is 0. The number of benzene rings is 1. The van der Waals surface area contributed by atoms with Crippen LogP contribution in [0.3, 0.4) is 0 Å². The molecule has 7 heteroatoms. The number of thiocarbonyl (C=S) groups is 1. The van der Waals surface area contributed by atoms with Crippen LogP contribution in [0.1, 0.15) is 5.56 Å². The molecule has 1 saturated heterocycles. The number of carbonyl (C=O) groups excluding carboxylic acids is 2. The summed E-state index contributed by atoms with van der Waals surface area (Å²) >= 11 is 4.92. The van der Waals surface area contributed by atoms with Crippen LogP contribution in [0.15, 0.2) is 36.4 Å². The van der Waals surface area contributed by atoms with Gasteiger partial charge in [0.15, 0.2) is 5.11 Å². The van der Waals surface area contributed by atoms with Gasteiger partial charge in [0.2, 0.25) is 0 Å². The molecule has 0 saturated carbocycles. The number of nitrogens with one attached hydrogen (secondary N) is 1. The first-order valence-electron chi connectivity index (χ1n) is 5.95. The monoisotopic (exact) mass is 304 g/mol. The Morgan fingerprint density at radius 1 is 1.24 bits per heavy atom. The summed E-state index contributed by atoms with van der Waals surface area (Å²) in [5, 5.41) is 21.2. The van der Waals surface area contributed by atoms with E-state index in [1.807, 2.05) is 0 Å². The van der Waals surface area contributed by atoms with Gasteiger partial charge in [-0.2, -0.15) is 0 Å². The number of amides is 2. The third kappa shape index (κ3) is 3.09. The lowest BCUT2D eigenvalue weighted by atomic mass is 10.1. The number of nitrogens with zero attached hydrogens (tertiary/aromatic N) is 1. The van der Waals surface area contributed by atoms with Gasteiger partial charge < -0.3 is 10.2 Å². The number of phenols is 2. The fourth-order valence-corrected chi connectivity index (χ4v) is 2.11. The number of phenolic OH excluding ortho intramolecular Hbond substituents is 2. The summed E-state index contributed by atoms with van der Waals surface area (Å²) in [4.78, 5) is 25.3. The molecule has 0 bridgehead atoms. The molecule has 21 heavy (non-hydrogen) atoms. The molecule has 1 aromatic carbocycles. The first-order chi connectivity index (χ1) is 9.92. The summed E-state index contributed by atoms with van der Waals surface area (Å²) in [5.74, 6) is -1.55. The van der Waals surface area contributed by atoms with Gasteiger partial charge in [-0.25, -0.2) is 0 Å². The standard InChI is InChI=1S/C14H12N2O4S/c1-2-3-16-13(20)11(12(19)15-14(16)21)6-8-4-9(17)7-10(18)5-8/h2,4-7,17-18H,1,3H2,(H,15,19,21)/b11-6+. The summed E-state index contributed by atoms with van der Waals surface area (Å²) in [6, 6.07) is 3.78. The zero-order valence-electron chi connectivity index (χ0n) is 10.9. The Morgan fingerprint density at radius 2 is 1.86 bits per heavy atom. The van der Waals surface area contributed by atoms with Crippen molar-refractivity contribution in [3.63, 3.8) is 0 Å². The van der Waals surface area contributed by atoms with Crippen LogP contribution < -0.4 is 5.32 Å². The fraction of sp³-hybridized carbons (Fsp3) is 0.0714. The molecule has 6 nitrogen and oxygen atoms in total. The van der Waals surface area contributed by atoms with Crippen LogP contribution in [0.4, 0.5) is 0 Å². The molecule has 0 unspecified atom stereocenters. The van der Waals surface area contributed by atoms with Crippen molar-refractivity contribution in [3.05, 3.63) is 42.0 Å². The zero-order chi connectivity index (χ0) is 15.6. The van der Waals surface area contributed by atoms with Crippen LogP contribution in [0.25, 0.3) is 6.08 Å². The Kier molecular flexibility index (Phi) is 4.04. The molecule has 2 amide bonds. The van der Waals surface area contributed by atoms with Gasteiger partial charge in [0.25, 0.3) is 11.8 Å². The second-order valence-corrected chi connectivity index (χ2v) is 4.69. The van der Waals surface area contributed by atoms with Gasteiger partial charge in [-0.05, 0) is 36.0 Å². The second-order valence-electron chi connectivity index (χ2n) is 4.30. The largest absolute Gasteiger partial charge is 0.508 e. The summed E-state index contributed by atoms with van der Waals surface area (Å²) in [6.45, 7) is 3.69. The lowest BCUT2D eigenvalue weighted by Crippen LogP contribution is -2.53. The molecule has 0 radical (unpaired) electrons. The van der Waals surface area contributed by atoms with Crippen LogP contribution in [-0.4, -0.2) is 38.6 Å². The van der Waals surface area contributed by atoms with E-state index in [2.05, 4.69) is 11.9 Å². The molecule has 1 aromatic rings. The Hall–Kier alpha value is -2.67. The van der Waals surface area contributed by atoms with Gasteiger partial charge in [-0.3, -0.25) is 19.8 Å². The van der Waals surface area contributed by atoms with Crippen molar-refractivity contribution in [1.82, 2.24) is 10.2 Å². The van der Waals surface area contributed by atoms with E-state index >= 15 is 0 Å². The summed E-state index contributed by atoms with van der Waals surface area (Å²) in [5.41, 5.74) is 0.174. The van der Waals surface area contributed by atoms with Crippen LogP contribution >= 0.6 is 12.2 Å². The first kappa shape index (κ1) is 14.7. The molecule has 0 aromatic heterocycles. The van der Waals surface area contributed by atoms with Gasteiger partial charge in [0, 0.05) is 12.6 Å². The number of hydrogen-bond donors (Lipinski definition) is 3. The van der Waals surface area contributed by atoms with E-state index in [0.717, 1.165) is 6.07 Å². The highest BCUT2D eigenvalue weighted by molar-refractivity contribution is 7.80. The quantitative estimate of drug-likeness (QED) is 0.334. The second kappa shape index (κ2) is 5.76. The predicted molar refractivity (Wildman–Crippen MR) is 80.4 cm³/mol. The van der Waals surface area contributed by atoms with E-state index in [0.29, 0.717) is 5.56 Å². The minimum atomic E-state index is -0.631. The van der Waals surface area contributed by atoms with Gasteiger partial charge in [0.05, 0.1) is 0 Å². The van der Waals surface area contributed by atoms with Crippen molar-refractivity contribution in [2.24, 2.45) is 0 Å². The lowest BCUT2D eigenvalue weighted by molar-refractivity contribution is -0.128. The Bertz CT molecular complexity index is 661. The summed E-state index contributed by atoms with van der Waals surface area (Å²) in [6.07, 6.45) is 2.76. The average Bonchev–Trinajstić information content (AvgIpc) is 2.38. The molecule has 0 aliphatic carbocycles. The van der Waals surface area contributed by atoms with Crippen molar-refractivity contribution in [2.45, 2.75) is 0 Å². The van der Waals surface area contributed by atoms with Crippen molar-refractivity contribution in [3.8, 4) is 11.5 Å². The van der Waals surface area contributed by atoms with E-state index in [1.165, 1.54) is 29.2 Å². The Labute approximate surface area is 126 Å². The lowest BCUT2D eigenvalue weighted by Gasteiger charge is -2.27. The SMILES string of the molecule is C=CCN1C(=O)/C(=C/c2cc(O)cc(O)c2)C(=O)NC1=S. The molecule has 3 N–H and O–H groups in total. The molecular weight excluding hydrogens is 292 g/mol. The van der Waals surface area contributed by atoms with Crippen LogP contribution in [-0.2, 0) is 9.59 Å². The maximum Gasteiger partial charge on any atom is 0.265 e. The highest BCUT2D eigenvalue weighted by atomic mass is 32.1. The first-order valence-corrected chi connectivity index (χ1v) is 6.36. The molecule has 108 valence electrons. The van der Waals surface area contributed by atoms with Crippen LogP contribution in [0.2, 0.25) is 0 Å². The Balaban J connectivity index is 2.42. The van der Waals surface area contributed by atoms with Gasteiger partial charge in [-0.15, -0.1) is 6.58 Å². The highest BCUT2D eigenvalue weighted by Crippen LogP contribution is 2.23. The predicted octanol–water partition coefficient (Wildman–Crippen LogP) is 0.910. The molecule has 1 fully saturated rings. The van der Waals surface area contributed by atoms with E-state index in [9.17, 15) is 19.8 Å². The van der Waals surface area contributed by atoms with Gasteiger partial charge in [-0.1, -0.05) is 6.08 Å². The highest BCUT2D eigenvalue weighted by Gasteiger charge is 2.32. The molecule has 0 spiro atoms. The van der Waals surface area contributed by atoms with Crippen LogP contribution in [0.5, 0.6) is 11.5 Å². The van der Waals surface area contributed by atoms with E-state index in [4.69, 9.17) is 12.2 Å². The normalized spacial score (nSPS) is 17.0. The van der Waals surface area contributed by atoms with E-state index in [1.54, 1.807) is 0 Å². The molecule has 2 rings (SSSR count). The number of aromatic hydroxyl groups is 2. The summed E-state index contributed by atoms with van der Waals surface area (Å²) < 4.78 is 0. The molecular formula is C14H12N2O4S. The minimum Gasteiger partial charge on any atom is -0.508 e. The topological polar surface area (TPSA) is 89.9 Å². The smallest absolute Gasteiger partial charge is 0.265 e. The maximum atomic E-state index is 12.2. The number of carbonyl (C=O) groups is 2. The van der Waals surface area contributed by atoms with Crippen molar-refractivity contribution in [1.29, 1.82) is 0 Å². The van der Waals surface area contributed by atoms with Crippen LogP contribution in [0, 0.1) is 0 Å². The van der Waals surface area contributed by atoms with Gasteiger partial charge >= 0.3 is 0 Å². The molecule has 0 atom stereocenters. The van der Waals surface area contributed by atoms with Gasteiger partial charge in [0.1, 0.15) is 17.1 Å². The fourth-order valence-electron chi connectivity index (χ4n) is 1.86. The van der Waals surface area contributed by atoms with Crippen molar-refractivity contribution in [2.75, 3.05) is 6.54 Å². The van der Waals surface area contributed by atoms with Crippen molar-refractivity contribution < 1.29 is 19.8 Å². The third-order valence-electron chi connectivity index (χ3n) is 2.73. The number of rotatable bonds is 3. The zero-order valence-corrected chi connectivity index (χ0v) is 11.7.